The Kier molecular flexibility index (Phi) is 6.71. The van der Waals surface area contributed by atoms with E-state index in [1.807, 2.05) is 36.8 Å². The van der Waals surface area contributed by atoms with Gasteiger partial charge >= 0.3 is 0 Å². The SMILES string of the molecule is CC1(C)O[C@@H]2[C@H](O1)[C@@H](O)C[C@H]2n1cnc2c(Cl)ncnc21.CC1(C)O[C@@H]2[C@H](O1)[C@@H](O)C[C@H]2n1cnc2c(Cl)ncnc21. The topological polar surface area (TPSA) is 165 Å². The Morgan fingerprint density at radius 2 is 1.02 bits per heavy atom. The Bertz CT molecular complexity index is 1530. The van der Waals surface area contributed by atoms with Gasteiger partial charge in [0.25, 0.3) is 0 Å². The van der Waals surface area contributed by atoms with Crippen molar-refractivity contribution in [1.82, 2.24) is 39.0 Å². The molecule has 0 radical (unpaired) electrons. The van der Waals surface area contributed by atoms with Gasteiger partial charge in [-0.3, -0.25) is 0 Å². The largest absolute Gasteiger partial charge is 0.390 e. The van der Waals surface area contributed by atoms with Crippen molar-refractivity contribution in [3.63, 3.8) is 0 Å². The van der Waals surface area contributed by atoms with Gasteiger partial charge in [-0.15, -0.1) is 0 Å². The van der Waals surface area contributed by atoms with Crippen LogP contribution in [0.4, 0.5) is 0 Å². The fourth-order valence-electron chi connectivity index (χ4n) is 6.53. The second-order valence-corrected chi connectivity index (χ2v) is 12.6. The average Bonchev–Trinajstić information content (AvgIpc) is 3.74. The molecule has 14 nitrogen and oxygen atoms in total. The van der Waals surface area contributed by atoms with E-state index in [4.69, 9.17) is 42.1 Å². The summed E-state index contributed by atoms with van der Waals surface area (Å²) in [6, 6.07) is -0.189. The van der Waals surface area contributed by atoms with Gasteiger partial charge < -0.3 is 38.3 Å². The number of halogens is 2. The lowest BCUT2D eigenvalue weighted by molar-refractivity contribution is -0.165. The van der Waals surface area contributed by atoms with Gasteiger partial charge in [0.2, 0.25) is 0 Å². The maximum absolute atomic E-state index is 10.2. The molecule has 0 bridgehead atoms. The third kappa shape index (κ3) is 4.65. The molecule has 4 fully saturated rings. The summed E-state index contributed by atoms with van der Waals surface area (Å²) in [6.07, 6.45) is 4.91. The van der Waals surface area contributed by atoms with E-state index in [2.05, 4.69) is 29.9 Å². The van der Waals surface area contributed by atoms with Crippen LogP contribution in [0.2, 0.25) is 10.3 Å². The number of aliphatic hydroxyl groups is 2. The lowest BCUT2D eigenvalue weighted by atomic mass is 10.2. The van der Waals surface area contributed by atoms with E-state index >= 15 is 0 Å². The van der Waals surface area contributed by atoms with Crippen molar-refractivity contribution in [1.29, 1.82) is 0 Å². The molecule has 4 aliphatic rings. The molecule has 42 heavy (non-hydrogen) atoms. The molecule has 0 unspecified atom stereocenters. The number of rotatable bonds is 2. The summed E-state index contributed by atoms with van der Waals surface area (Å²) in [5.41, 5.74) is 2.38. The molecule has 224 valence electrons. The number of aromatic nitrogens is 8. The van der Waals surface area contributed by atoms with Gasteiger partial charge in [-0.1, -0.05) is 23.2 Å². The first-order valence-electron chi connectivity index (χ1n) is 13.7. The highest BCUT2D eigenvalue weighted by Crippen LogP contribution is 2.46. The lowest BCUT2D eigenvalue weighted by Gasteiger charge is -2.23. The van der Waals surface area contributed by atoms with Crippen LogP contribution in [-0.2, 0) is 18.9 Å². The van der Waals surface area contributed by atoms with Crippen molar-refractivity contribution in [2.45, 2.75) is 101 Å². The molecule has 16 heteroatoms. The van der Waals surface area contributed by atoms with Crippen LogP contribution in [0.25, 0.3) is 22.3 Å². The standard InChI is InChI=1S/2C13H15ClN4O3/c2*1-13(2)20-9-6(3-7(19)10(9)21-13)18-5-17-8-11(14)15-4-16-12(8)18/h2*4-7,9-10,19H,3H2,1-2H3/t2*6-,7+,9+,10-/m11/s1. The Labute approximate surface area is 249 Å². The second kappa shape index (κ2) is 9.99. The zero-order valence-corrected chi connectivity index (χ0v) is 24.7. The van der Waals surface area contributed by atoms with Crippen molar-refractivity contribution < 1.29 is 29.2 Å². The summed E-state index contributed by atoms with van der Waals surface area (Å²) in [5, 5.41) is 21.1. The molecule has 8 rings (SSSR count). The zero-order chi connectivity index (χ0) is 29.6. The van der Waals surface area contributed by atoms with Crippen molar-refractivity contribution in [2.24, 2.45) is 0 Å². The fourth-order valence-corrected chi connectivity index (χ4v) is 6.89. The van der Waals surface area contributed by atoms with Gasteiger partial charge in [0.05, 0.1) is 36.9 Å². The third-order valence-electron chi connectivity index (χ3n) is 8.15. The first-order chi connectivity index (χ1) is 19.9. The minimum absolute atomic E-state index is 0.0947. The fraction of sp³-hybridized carbons (Fsp3) is 0.615. The monoisotopic (exact) mass is 620 g/mol. The summed E-state index contributed by atoms with van der Waals surface area (Å²) < 4.78 is 27.3. The van der Waals surface area contributed by atoms with Crippen molar-refractivity contribution in [3.8, 4) is 0 Å². The number of aliphatic hydroxyl groups excluding tert-OH is 2. The highest BCUT2D eigenvalue weighted by atomic mass is 35.5. The maximum Gasteiger partial charge on any atom is 0.165 e. The predicted molar refractivity (Wildman–Crippen MR) is 148 cm³/mol. The summed E-state index contributed by atoms with van der Waals surface area (Å²) in [4.78, 5) is 24.9. The molecule has 0 amide bonds. The van der Waals surface area contributed by atoms with Crippen LogP contribution < -0.4 is 0 Å². The molecule has 2 saturated carbocycles. The molecule has 6 heterocycles. The summed E-state index contributed by atoms with van der Waals surface area (Å²) in [6.45, 7) is 7.39. The van der Waals surface area contributed by atoms with Crippen molar-refractivity contribution in [3.05, 3.63) is 35.6 Å². The number of imidazole rings is 2. The quantitative estimate of drug-likeness (QED) is 0.315. The van der Waals surface area contributed by atoms with Gasteiger partial charge in [-0.05, 0) is 40.5 Å². The molecule has 4 aromatic rings. The van der Waals surface area contributed by atoms with E-state index in [-0.39, 0.29) is 36.5 Å². The normalized spacial score (nSPS) is 34.5. The molecule has 2 N–H and O–H groups in total. The van der Waals surface area contributed by atoms with Crippen LogP contribution >= 0.6 is 23.2 Å². The molecule has 8 atom stereocenters. The maximum atomic E-state index is 10.2. The Balaban J connectivity index is 0.000000137. The van der Waals surface area contributed by atoms with Gasteiger partial charge in [0.15, 0.2) is 33.2 Å². The van der Waals surface area contributed by atoms with Crippen LogP contribution in [0.15, 0.2) is 25.3 Å². The molecule has 2 aliphatic heterocycles. The highest BCUT2D eigenvalue weighted by molar-refractivity contribution is 6.33. The van der Waals surface area contributed by atoms with E-state index in [0.29, 0.717) is 45.5 Å². The first kappa shape index (κ1) is 28.2. The van der Waals surface area contributed by atoms with Crippen molar-refractivity contribution >= 4 is 45.5 Å². The molecule has 2 saturated heterocycles. The molecule has 0 spiro atoms. The number of ether oxygens (including phenoxy) is 4. The highest BCUT2D eigenvalue weighted by Gasteiger charge is 2.55. The zero-order valence-electron chi connectivity index (χ0n) is 23.2. The Morgan fingerprint density at radius 3 is 1.43 bits per heavy atom. The summed E-state index contributed by atoms with van der Waals surface area (Å²) in [5.74, 6) is -1.39. The molecule has 0 aromatic carbocycles. The Morgan fingerprint density at radius 1 is 0.643 bits per heavy atom. The molecule has 2 aliphatic carbocycles. The van der Waals surface area contributed by atoms with E-state index in [1.54, 1.807) is 12.7 Å². The molecule has 4 aromatic heterocycles. The van der Waals surface area contributed by atoms with E-state index in [0.717, 1.165) is 0 Å². The summed E-state index contributed by atoms with van der Waals surface area (Å²) in [7, 11) is 0. The number of hydrogen-bond donors (Lipinski definition) is 2. The summed E-state index contributed by atoms with van der Waals surface area (Å²) >= 11 is 12.1. The third-order valence-corrected chi connectivity index (χ3v) is 8.71. The molecular weight excluding hydrogens is 591 g/mol. The van der Waals surface area contributed by atoms with Crippen LogP contribution in [0.5, 0.6) is 0 Å². The van der Waals surface area contributed by atoms with Gasteiger partial charge in [-0.2, -0.15) is 0 Å². The van der Waals surface area contributed by atoms with E-state index < -0.39 is 23.8 Å². The van der Waals surface area contributed by atoms with E-state index in [1.165, 1.54) is 12.7 Å². The Hall–Kier alpha value is -2.56. The number of nitrogens with zero attached hydrogens (tertiary/aromatic N) is 8. The molecular formula is C26H30Cl2N8O6. The van der Waals surface area contributed by atoms with Gasteiger partial charge in [-0.25, -0.2) is 29.9 Å². The predicted octanol–water partition coefficient (Wildman–Crippen LogP) is 2.61. The lowest BCUT2D eigenvalue weighted by Crippen LogP contribution is -2.28. The van der Waals surface area contributed by atoms with Crippen molar-refractivity contribution in [2.75, 3.05) is 0 Å². The van der Waals surface area contributed by atoms with Crippen LogP contribution in [0.3, 0.4) is 0 Å². The number of hydrogen-bond acceptors (Lipinski definition) is 12. The van der Waals surface area contributed by atoms with Crippen LogP contribution in [0.1, 0.15) is 52.6 Å². The second-order valence-electron chi connectivity index (χ2n) is 11.8. The van der Waals surface area contributed by atoms with Gasteiger partial charge in [0.1, 0.15) is 48.1 Å². The minimum Gasteiger partial charge on any atom is -0.390 e. The van der Waals surface area contributed by atoms with Crippen LogP contribution in [-0.4, -0.2) is 97.4 Å². The number of fused-ring (bicyclic) bond motifs is 4. The van der Waals surface area contributed by atoms with Gasteiger partial charge in [0, 0.05) is 0 Å². The van der Waals surface area contributed by atoms with E-state index in [9.17, 15) is 10.2 Å². The van der Waals surface area contributed by atoms with Crippen LogP contribution in [0, 0.1) is 0 Å². The average molecular weight is 621 g/mol. The smallest absolute Gasteiger partial charge is 0.165 e. The first-order valence-corrected chi connectivity index (χ1v) is 14.4. The minimum atomic E-state index is -0.696.